The lowest BCUT2D eigenvalue weighted by Gasteiger charge is -2.06. The van der Waals surface area contributed by atoms with Crippen molar-refractivity contribution in [2.45, 2.75) is 25.2 Å². The molecule has 0 fully saturated rings. The SMILES string of the molecule is CC(C)CC(=O)OS(=O)(=O)c1ccccc1. The van der Waals surface area contributed by atoms with Gasteiger partial charge in [0.1, 0.15) is 4.90 Å². The smallest absolute Gasteiger partial charge is 0.341 e. The average molecular weight is 242 g/mol. The first-order valence-corrected chi connectivity index (χ1v) is 6.35. The summed E-state index contributed by atoms with van der Waals surface area (Å²) in [5.74, 6) is -0.655. The van der Waals surface area contributed by atoms with Crippen LogP contribution in [0.5, 0.6) is 0 Å². The number of carbonyl (C=O) groups is 1. The Labute approximate surface area is 95.4 Å². The Kier molecular flexibility index (Phi) is 4.06. The molecule has 16 heavy (non-hydrogen) atoms. The van der Waals surface area contributed by atoms with Gasteiger partial charge in [0, 0.05) is 6.42 Å². The number of carbonyl (C=O) groups excluding carboxylic acids is 1. The van der Waals surface area contributed by atoms with Crippen molar-refractivity contribution in [3.63, 3.8) is 0 Å². The molecule has 4 nitrogen and oxygen atoms in total. The van der Waals surface area contributed by atoms with Crippen LogP contribution in [0.4, 0.5) is 0 Å². The normalized spacial score (nSPS) is 11.4. The Morgan fingerprint density at radius 3 is 2.31 bits per heavy atom. The maximum absolute atomic E-state index is 11.6. The molecule has 0 aliphatic carbocycles. The van der Waals surface area contributed by atoms with Gasteiger partial charge in [0.2, 0.25) is 0 Å². The molecule has 0 unspecified atom stereocenters. The van der Waals surface area contributed by atoms with Crippen molar-refractivity contribution in [3.05, 3.63) is 30.3 Å². The Morgan fingerprint density at radius 2 is 1.81 bits per heavy atom. The first-order chi connectivity index (χ1) is 7.42. The summed E-state index contributed by atoms with van der Waals surface area (Å²) in [6.45, 7) is 3.63. The van der Waals surface area contributed by atoms with Crippen LogP contribution >= 0.6 is 0 Å². The highest BCUT2D eigenvalue weighted by Gasteiger charge is 2.19. The highest BCUT2D eigenvalue weighted by Crippen LogP contribution is 2.13. The van der Waals surface area contributed by atoms with E-state index in [2.05, 4.69) is 4.18 Å². The molecular weight excluding hydrogens is 228 g/mol. The van der Waals surface area contributed by atoms with Gasteiger partial charge in [-0.3, -0.25) is 4.79 Å². The second kappa shape index (κ2) is 5.12. The first kappa shape index (κ1) is 12.7. The van der Waals surface area contributed by atoms with Gasteiger partial charge in [-0.05, 0) is 18.1 Å². The van der Waals surface area contributed by atoms with Crippen LogP contribution in [0.1, 0.15) is 20.3 Å². The summed E-state index contributed by atoms with van der Waals surface area (Å²) >= 11 is 0. The molecule has 88 valence electrons. The van der Waals surface area contributed by atoms with Crippen LogP contribution in [0.15, 0.2) is 35.2 Å². The fraction of sp³-hybridized carbons (Fsp3) is 0.364. The third kappa shape index (κ3) is 3.66. The molecule has 1 aromatic rings. The maximum atomic E-state index is 11.6. The first-order valence-electron chi connectivity index (χ1n) is 4.94. The summed E-state index contributed by atoms with van der Waals surface area (Å²) in [7, 11) is -3.95. The monoisotopic (exact) mass is 242 g/mol. The lowest BCUT2D eigenvalue weighted by Crippen LogP contribution is -2.14. The topological polar surface area (TPSA) is 60.4 Å². The molecule has 0 amide bonds. The molecule has 0 heterocycles. The minimum atomic E-state index is -3.95. The van der Waals surface area contributed by atoms with Gasteiger partial charge in [0.15, 0.2) is 0 Å². The molecule has 0 aliphatic heterocycles. The molecule has 5 heteroatoms. The minimum absolute atomic E-state index is 0.00731. The zero-order valence-corrected chi connectivity index (χ0v) is 10.0. The van der Waals surface area contributed by atoms with Gasteiger partial charge in [-0.1, -0.05) is 32.0 Å². The third-order valence-corrected chi connectivity index (χ3v) is 3.06. The zero-order chi connectivity index (χ0) is 12.2. The van der Waals surface area contributed by atoms with E-state index in [-0.39, 0.29) is 17.2 Å². The predicted octanol–water partition coefficient (Wildman–Crippen LogP) is 1.96. The highest BCUT2D eigenvalue weighted by atomic mass is 32.2. The molecule has 0 radical (unpaired) electrons. The molecule has 0 N–H and O–H groups in total. The number of hydrogen-bond donors (Lipinski definition) is 0. The van der Waals surface area contributed by atoms with E-state index in [0.29, 0.717) is 0 Å². The van der Waals surface area contributed by atoms with Crippen molar-refractivity contribution in [2.24, 2.45) is 5.92 Å². The van der Waals surface area contributed by atoms with Gasteiger partial charge >= 0.3 is 16.1 Å². The van der Waals surface area contributed by atoms with Crippen molar-refractivity contribution < 1.29 is 17.4 Å². The Hall–Kier alpha value is -1.36. The van der Waals surface area contributed by atoms with Crippen molar-refractivity contribution in [3.8, 4) is 0 Å². The van der Waals surface area contributed by atoms with Gasteiger partial charge < -0.3 is 4.18 Å². The van der Waals surface area contributed by atoms with Gasteiger partial charge in [0.05, 0.1) is 0 Å². The summed E-state index contributed by atoms with van der Waals surface area (Å²) in [6, 6.07) is 7.61. The summed E-state index contributed by atoms with van der Waals surface area (Å²) in [5.41, 5.74) is 0. The van der Waals surface area contributed by atoms with Gasteiger partial charge in [0.25, 0.3) is 0 Å². The molecule has 0 aliphatic rings. The summed E-state index contributed by atoms with van der Waals surface area (Å²) in [6.07, 6.45) is 0.0893. The van der Waals surface area contributed by atoms with Crippen molar-refractivity contribution in [2.75, 3.05) is 0 Å². The van der Waals surface area contributed by atoms with E-state index < -0.39 is 16.1 Å². The van der Waals surface area contributed by atoms with E-state index in [1.807, 2.05) is 13.8 Å². The predicted molar refractivity (Wildman–Crippen MR) is 59.2 cm³/mol. The molecule has 0 spiro atoms. The maximum Gasteiger partial charge on any atom is 0.341 e. The Balaban J connectivity index is 2.78. The van der Waals surface area contributed by atoms with Gasteiger partial charge in [-0.25, -0.2) is 0 Å². The highest BCUT2D eigenvalue weighted by molar-refractivity contribution is 7.87. The van der Waals surface area contributed by atoms with Crippen LogP contribution < -0.4 is 0 Å². The van der Waals surface area contributed by atoms with Crippen LogP contribution in [0.25, 0.3) is 0 Å². The Morgan fingerprint density at radius 1 is 1.25 bits per heavy atom. The van der Waals surface area contributed by atoms with E-state index in [1.165, 1.54) is 12.1 Å². The molecule has 1 rings (SSSR count). The molecule has 0 bridgehead atoms. The Bertz CT molecular complexity index is 448. The van der Waals surface area contributed by atoms with E-state index in [0.717, 1.165) is 0 Å². The number of hydrogen-bond acceptors (Lipinski definition) is 4. The molecule has 0 saturated heterocycles. The average Bonchev–Trinajstić information content (AvgIpc) is 2.16. The lowest BCUT2D eigenvalue weighted by molar-refractivity contribution is -0.134. The van der Waals surface area contributed by atoms with Gasteiger partial charge in [-0.2, -0.15) is 8.42 Å². The second-order valence-electron chi connectivity index (χ2n) is 3.82. The summed E-state index contributed by atoms with van der Waals surface area (Å²) in [4.78, 5) is 11.2. The minimum Gasteiger partial charge on any atom is -0.342 e. The fourth-order valence-corrected chi connectivity index (χ4v) is 2.02. The van der Waals surface area contributed by atoms with Crippen LogP contribution in [0.3, 0.4) is 0 Å². The van der Waals surface area contributed by atoms with E-state index in [1.54, 1.807) is 18.2 Å². The molecule has 0 atom stereocenters. The van der Waals surface area contributed by atoms with Crippen LogP contribution in [-0.4, -0.2) is 14.4 Å². The third-order valence-electron chi connectivity index (χ3n) is 1.81. The van der Waals surface area contributed by atoms with Crippen LogP contribution in [0.2, 0.25) is 0 Å². The molecule has 0 saturated carbocycles. The molecule has 0 aromatic heterocycles. The fourth-order valence-electron chi connectivity index (χ4n) is 1.12. The largest absolute Gasteiger partial charge is 0.342 e. The number of benzene rings is 1. The standard InChI is InChI=1S/C11H14O4S/c1-9(2)8-11(12)15-16(13,14)10-6-4-3-5-7-10/h3-7,9H,8H2,1-2H3. The van der Waals surface area contributed by atoms with Gasteiger partial charge in [-0.15, -0.1) is 0 Å². The summed E-state index contributed by atoms with van der Waals surface area (Å²) in [5, 5.41) is 0. The lowest BCUT2D eigenvalue weighted by atomic mass is 10.1. The molecule has 1 aromatic carbocycles. The van der Waals surface area contributed by atoms with Crippen LogP contribution in [-0.2, 0) is 19.1 Å². The van der Waals surface area contributed by atoms with Crippen molar-refractivity contribution in [1.82, 2.24) is 0 Å². The van der Waals surface area contributed by atoms with Crippen LogP contribution in [0, 0.1) is 5.92 Å². The zero-order valence-electron chi connectivity index (χ0n) is 9.21. The molecular formula is C11H14O4S. The van der Waals surface area contributed by atoms with Crippen molar-refractivity contribution in [1.29, 1.82) is 0 Å². The van der Waals surface area contributed by atoms with E-state index >= 15 is 0 Å². The van der Waals surface area contributed by atoms with E-state index in [4.69, 9.17) is 0 Å². The second-order valence-corrected chi connectivity index (χ2v) is 5.37. The van der Waals surface area contributed by atoms with Crippen molar-refractivity contribution >= 4 is 16.1 Å². The summed E-state index contributed by atoms with van der Waals surface area (Å²) < 4.78 is 27.6. The number of rotatable bonds is 4. The van der Waals surface area contributed by atoms with E-state index in [9.17, 15) is 13.2 Å². The quantitative estimate of drug-likeness (QED) is 0.757.